The number of halogens is 1. The van der Waals surface area contributed by atoms with Crippen molar-refractivity contribution in [3.8, 4) is 0 Å². The molecular weight excluding hydrogens is 532 g/mol. The van der Waals surface area contributed by atoms with Gasteiger partial charge in [-0.15, -0.1) is 0 Å². The summed E-state index contributed by atoms with van der Waals surface area (Å²) in [6.07, 6.45) is 6.40. The fraction of sp³-hybridized carbons (Fsp3) is 0.448. The van der Waals surface area contributed by atoms with E-state index in [1.807, 2.05) is 43.6 Å². The van der Waals surface area contributed by atoms with Gasteiger partial charge in [0.15, 0.2) is 5.82 Å². The molecule has 0 bridgehead atoms. The number of rotatable bonds is 7. The highest BCUT2D eigenvalue weighted by molar-refractivity contribution is 6.30. The van der Waals surface area contributed by atoms with Crippen molar-refractivity contribution in [3.05, 3.63) is 65.1 Å². The maximum Gasteiger partial charge on any atom is 0.410 e. The molecule has 40 heavy (non-hydrogen) atoms. The van der Waals surface area contributed by atoms with Gasteiger partial charge in [-0.05, 0) is 68.5 Å². The Hall–Kier alpha value is -3.63. The van der Waals surface area contributed by atoms with E-state index in [0.29, 0.717) is 44.0 Å². The molecule has 0 radical (unpaired) electrons. The normalized spacial score (nSPS) is 16.9. The Morgan fingerprint density at radius 2 is 1.98 bits per heavy atom. The van der Waals surface area contributed by atoms with E-state index in [0.717, 1.165) is 28.0 Å². The average molecular weight is 567 g/mol. The zero-order valence-corrected chi connectivity index (χ0v) is 23.8. The molecule has 2 amide bonds. The highest BCUT2D eigenvalue weighted by Crippen LogP contribution is 2.31. The number of anilines is 1. The van der Waals surface area contributed by atoms with E-state index < -0.39 is 5.60 Å². The third-order valence-corrected chi connectivity index (χ3v) is 7.43. The first-order chi connectivity index (χ1) is 19.1. The van der Waals surface area contributed by atoms with Crippen LogP contribution in [0, 0.1) is 5.92 Å². The number of hydrogen-bond acceptors (Lipinski definition) is 7. The van der Waals surface area contributed by atoms with E-state index in [-0.39, 0.29) is 30.6 Å². The minimum Gasteiger partial charge on any atom is -0.444 e. The van der Waals surface area contributed by atoms with Crippen LogP contribution in [-0.4, -0.2) is 75.0 Å². The minimum atomic E-state index is -0.523. The van der Waals surface area contributed by atoms with Crippen LogP contribution >= 0.6 is 11.6 Å². The molecular formula is C29H35ClN6O4. The van der Waals surface area contributed by atoms with Gasteiger partial charge < -0.3 is 25.0 Å². The van der Waals surface area contributed by atoms with E-state index in [1.54, 1.807) is 17.0 Å². The lowest BCUT2D eigenvalue weighted by Gasteiger charge is -2.39. The van der Waals surface area contributed by atoms with Crippen molar-refractivity contribution in [2.45, 2.75) is 45.3 Å². The van der Waals surface area contributed by atoms with Crippen LogP contribution in [0.2, 0.25) is 5.02 Å². The number of aromatic nitrogens is 3. The van der Waals surface area contributed by atoms with Gasteiger partial charge in [0.05, 0.1) is 12.0 Å². The molecule has 1 atom stereocenters. The zero-order valence-electron chi connectivity index (χ0n) is 23.0. The summed E-state index contributed by atoms with van der Waals surface area (Å²) >= 11 is 6.00. The molecule has 5 rings (SSSR count). The molecule has 4 heterocycles. The van der Waals surface area contributed by atoms with E-state index in [1.165, 1.54) is 6.33 Å². The Morgan fingerprint density at radius 3 is 2.62 bits per heavy atom. The molecule has 0 unspecified atom stereocenters. The number of fused-ring (bicyclic) bond motifs is 1. The fourth-order valence-electron chi connectivity index (χ4n) is 5.01. The summed E-state index contributed by atoms with van der Waals surface area (Å²) in [5.41, 5.74) is 3.44. The predicted molar refractivity (Wildman–Crippen MR) is 153 cm³/mol. The van der Waals surface area contributed by atoms with Gasteiger partial charge in [0.2, 0.25) is 5.91 Å². The Labute approximate surface area is 238 Å². The number of nitrogens with zero attached hydrogens (tertiary/aromatic N) is 5. The second-order valence-electron chi connectivity index (χ2n) is 11.3. The molecule has 3 aromatic rings. The lowest BCUT2D eigenvalue weighted by molar-refractivity contribution is -0.126. The van der Waals surface area contributed by atoms with Crippen molar-refractivity contribution in [3.63, 3.8) is 0 Å². The van der Waals surface area contributed by atoms with Crippen molar-refractivity contribution >= 4 is 40.5 Å². The van der Waals surface area contributed by atoms with Gasteiger partial charge in [0.25, 0.3) is 0 Å². The summed E-state index contributed by atoms with van der Waals surface area (Å²) in [6, 6.07) is 9.09. The summed E-state index contributed by atoms with van der Waals surface area (Å²) in [6.45, 7) is 7.72. The predicted octanol–water partition coefficient (Wildman–Crippen LogP) is 4.08. The molecule has 2 aliphatic heterocycles. The Morgan fingerprint density at radius 1 is 1.23 bits per heavy atom. The molecule has 1 saturated heterocycles. The Bertz CT molecular complexity index is 1410. The van der Waals surface area contributed by atoms with Gasteiger partial charge in [-0.3, -0.25) is 4.79 Å². The van der Waals surface area contributed by atoms with E-state index >= 15 is 0 Å². The summed E-state index contributed by atoms with van der Waals surface area (Å²) in [4.78, 5) is 33.7. The number of hydrogen-bond donors (Lipinski definition) is 2. The number of ether oxygens (including phenoxy) is 1. The lowest BCUT2D eigenvalue weighted by atomic mass is 9.97. The van der Waals surface area contributed by atoms with Crippen molar-refractivity contribution in [1.82, 2.24) is 24.8 Å². The third-order valence-electron chi connectivity index (χ3n) is 7.18. The van der Waals surface area contributed by atoms with Crippen LogP contribution in [0.15, 0.2) is 48.9 Å². The topological polar surface area (TPSA) is 112 Å². The summed E-state index contributed by atoms with van der Waals surface area (Å²) < 4.78 is 7.31. The second kappa shape index (κ2) is 11.5. The number of aliphatic hydroxyl groups is 1. The third kappa shape index (κ3) is 6.23. The van der Waals surface area contributed by atoms with E-state index in [2.05, 4.69) is 32.4 Å². The number of benzene rings is 1. The van der Waals surface area contributed by atoms with E-state index in [4.69, 9.17) is 16.3 Å². The molecule has 0 saturated carbocycles. The zero-order chi connectivity index (χ0) is 28.4. The molecule has 0 aliphatic carbocycles. The monoisotopic (exact) mass is 566 g/mol. The largest absolute Gasteiger partial charge is 0.444 e. The van der Waals surface area contributed by atoms with Crippen LogP contribution in [0.25, 0.3) is 11.1 Å². The first-order valence-electron chi connectivity index (χ1n) is 13.5. The van der Waals surface area contributed by atoms with Gasteiger partial charge in [-0.2, -0.15) is 5.10 Å². The first kappa shape index (κ1) is 27.9. The SMILES string of the molecule is CC(C)(C)OC(=O)N1CC=C(c2cc3c(N4CC(C(=O)N[C@@H](CCO)c5ccc(Cl)cc5)C4)ncnn3c2)CC1. The number of aliphatic hydroxyl groups excluding tert-OH is 1. The van der Waals surface area contributed by atoms with Crippen molar-refractivity contribution < 1.29 is 19.4 Å². The van der Waals surface area contributed by atoms with Crippen molar-refractivity contribution in [2.24, 2.45) is 5.92 Å². The van der Waals surface area contributed by atoms with Gasteiger partial charge in [-0.1, -0.05) is 29.8 Å². The van der Waals surface area contributed by atoms with Crippen molar-refractivity contribution in [2.75, 3.05) is 37.7 Å². The second-order valence-corrected chi connectivity index (χ2v) is 11.7. The number of nitrogens with one attached hydrogen (secondary N) is 1. The lowest BCUT2D eigenvalue weighted by Crippen LogP contribution is -2.54. The standard InChI is InChI=1S/C29H35ClN6O4/c1-29(2,3)40-28(39)34-11-8-19(9-12-34)21-14-25-26(31-18-32-36(25)17-21)35-15-22(16-35)27(38)33-24(10-13-37)20-4-6-23(30)7-5-20/h4-8,14,17-18,22,24,37H,9-13,15-16H2,1-3H3,(H,33,38)/t24-/m0/s1. The minimum absolute atomic E-state index is 0.0324. The van der Waals surface area contributed by atoms with Crippen LogP contribution in [0.1, 0.15) is 50.8 Å². The van der Waals surface area contributed by atoms with E-state index in [9.17, 15) is 14.7 Å². The molecule has 10 nitrogen and oxygen atoms in total. The smallest absolute Gasteiger partial charge is 0.410 e. The van der Waals surface area contributed by atoms with Crippen LogP contribution in [0.3, 0.4) is 0 Å². The molecule has 212 valence electrons. The van der Waals surface area contributed by atoms with Gasteiger partial charge in [-0.25, -0.2) is 14.3 Å². The molecule has 0 spiro atoms. The van der Waals surface area contributed by atoms with Crippen LogP contribution in [0.5, 0.6) is 0 Å². The number of amides is 2. The summed E-state index contributed by atoms with van der Waals surface area (Å²) in [5.74, 6) is 0.548. The molecule has 2 aliphatic rings. The highest BCUT2D eigenvalue weighted by atomic mass is 35.5. The van der Waals surface area contributed by atoms with Gasteiger partial charge in [0, 0.05) is 44.0 Å². The number of carbonyl (C=O) groups is 2. The highest BCUT2D eigenvalue weighted by Gasteiger charge is 2.35. The molecule has 1 fully saturated rings. The van der Waals surface area contributed by atoms with Crippen molar-refractivity contribution in [1.29, 1.82) is 0 Å². The molecule has 2 N–H and O–H groups in total. The maximum absolute atomic E-state index is 13.0. The van der Waals surface area contributed by atoms with Crippen LogP contribution < -0.4 is 10.2 Å². The average Bonchev–Trinajstić information content (AvgIpc) is 3.32. The van der Waals surface area contributed by atoms with Gasteiger partial charge in [0.1, 0.15) is 17.4 Å². The summed E-state index contributed by atoms with van der Waals surface area (Å²) in [7, 11) is 0. The Balaban J connectivity index is 1.23. The number of carbonyl (C=O) groups excluding carboxylic acids is 2. The maximum atomic E-state index is 13.0. The summed E-state index contributed by atoms with van der Waals surface area (Å²) in [5, 5.41) is 17.6. The van der Waals surface area contributed by atoms with Gasteiger partial charge >= 0.3 is 6.09 Å². The molecule has 1 aromatic carbocycles. The molecule has 11 heteroatoms. The Kier molecular flexibility index (Phi) is 8.00. The first-order valence-corrected chi connectivity index (χ1v) is 13.9. The molecule has 2 aromatic heterocycles. The quantitative estimate of drug-likeness (QED) is 0.443. The fourth-order valence-corrected chi connectivity index (χ4v) is 5.14. The van der Waals surface area contributed by atoms with Crippen LogP contribution in [0.4, 0.5) is 10.6 Å². The van der Waals surface area contributed by atoms with Crippen LogP contribution in [-0.2, 0) is 9.53 Å².